The number of nitrogens with zero attached hydrogens (tertiary/aromatic N) is 2. The first-order valence-corrected chi connectivity index (χ1v) is 7.25. The number of allylic oxidation sites excluding steroid dienone is 2. The maximum atomic E-state index is 12.4. The number of rotatable bonds is 5. The summed E-state index contributed by atoms with van der Waals surface area (Å²) in [4.78, 5) is 1.36. The van der Waals surface area contributed by atoms with E-state index in [1.807, 2.05) is 0 Å². The van der Waals surface area contributed by atoms with Crippen LogP contribution in [0.15, 0.2) is 58.2 Å². The molecule has 0 fully saturated rings. The van der Waals surface area contributed by atoms with Gasteiger partial charge in [0.15, 0.2) is 4.91 Å². The third kappa shape index (κ3) is 3.62. The SMILES string of the molecule is COC(/C=C/N(C)C)=C(\C#N)S(=O)(=O)c1ccccc1. The van der Waals surface area contributed by atoms with Crippen LogP contribution in [0.1, 0.15) is 0 Å². The number of sulfone groups is 1. The molecule has 0 heterocycles. The van der Waals surface area contributed by atoms with Crippen molar-refractivity contribution in [2.24, 2.45) is 0 Å². The predicted molar refractivity (Wildman–Crippen MR) is 76.1 cm³/mol. The Morgan fingerprint density at radius 2 is 1.90 bits per heavy atom. The van der Waals surface area contributed by atoms with Crippen LogP contribution in [0.3, 0.4) is 0 Å². The third-order valence-electron chi connectivity index (χ3n) is 2.39. The standard InChI is InChI=1S/C14H16N2O3S/c1-16(2)10-9-13(19-3)14(11-15)20(17,18)12-7-5-4-6-8-12/h4-10H,1-3H3/b10-9+,14-13+. The van der Waals surface area contributed by atoms with Crippen molar-refractivity contribution in [3.8, 4) is 6.07 Å². The van der Waals surface area contributed by atoms with Crippen molar-refractivity contribution in [3.63, 3.8) is 0 Å². The van der Waals surface area contributed by atoms with Crippen LogP contribution < -0.4 is 0 Å². The Bertz CT molecular complexity index is 653. The van der Waals surface area contributed by atoms with E-state index in [2.05, 4.69) is 0 Å². The Balaban J connectivity index is 3.41. The predicted octanol–water partition coefficient (Wildman–Crippen LogP) is 1.92. The summed E-state index contributed by atoms with van der Waals surface area (Å²) >= 11 is 0. The molecule has 0 bridgehead atoms. The van der Waals surface area contributed by atoms with Crippen LogP contribution in [-0.2, 0) is 14.6 Å². The summed E-state index contributed by atoms with van der Waals surface area (Å²) in [6.45, 7) is 0. The molecule has 0 N–H and O–H groups in total. The molecule has 0 aliphatic heterocycles. The van der Waals surface area contributed by atoms with E-state index >= 15 is 0 Å². The molecule has 0 saturated carbocycles. The number of hydrogen-bond acceptors (Lipinski definition) is 5. The fourth-order valence-corrected chi connectivity index (χ4v) is 2.71. The van der Waals surface area contributed by atoms with E-state index in [1.54, 1.807) is 49.5 Å². The van der Waals surface area contributed by atoms with Crippen molar-refractivity contribution in [1.29, 1.82) is 5.26 Å². The van der Waals surface area contributed by atoms with Crippen molar-refractivity contribution in [3.05, 3.63) is 53.3 Å². The molecule has 0 aromatic heterocycles. The van der Waals surface area contributed by atoms with Gasteiger partial charge in [0.05, 0.1) is 12.0 Å². The molecule has 0 saturated heterocycles. The summed E-state index contributed by atoms with van der Waals surface area (Å²) in [6.07, 6.45) is 3.05. The number of ether oxygens (including phenoxy) is 1. The molecule has 0 atom stereocenters. The first-order chi connectivity index (χ1) is 9.43. The topological polar surface area (TPSA) is 70.4 Å². The quantitative estimate of drug-likeness (QED) is 0.471. The van der Waals surface area contributed by atoms with Gasteiger partial charge >= 0.3 is 0 Å². The maximum Gasteiger partial charge on any atom is 0.220 e. The molecule has 0 amide bonds. The Hall–Kier alpha value is -2.26. The lowest BCUT2D eigenvalue weighted by Crippen LogP contribution is -2.08. The largest absolute Gasteiger partial charge is 0.495 e. The summed E-state index contributed by atoms with van der Waals surface area (Å²) in [5.41, 5.74) is 0. The first kappa shape index (κ1) is 15.8. The molecule has 1 rings (SSSR count). The molecule has 0 aliphatic carbocycles. The zero-order chi connectivity index (χ0) is 15.2. The van der Waals surface area contributed by atoms with Gasteiger partial charge in [-0.05, 0) is 18.2 Å². The average molecular weight is 292 g/mol. The molecule has 106 valence electrons. The Kier molecular flexibility index (Phi) is 5.35. The minimum Gasteiger partial charge on any atom is -0.495 e. The van der Waals surface area contributed by atoms with Crippen LogP contribution >= 0.6 is 0 Å². The van der Waals surface area contributed by atoms with Gasteiger partial charge < -0.3 is 9.64 Å². The summed E-state index contributed by atoms with van der Waals surface area (Å²) in [6, 6.07) is 9.50. The molecular weight excluding hydrogens is 276 g/mol. The summed E-state index contributed by atoms with van der Waals surface area (Å²) in [5.74, 6) is 0.00468. The van der Waals surface area contributed by atoms with Crippen molar-refractivity contribution >= 4 is 9.84 Å². The number of hydrogen-bond donors (Lipinski definition) is 0. The molecule has 6 heteroatoms. The van der Waals surface area contributed by atoms with Crippen LogP contribution in [0.5, 0.6) is 0 Å². The van der Waals surface area contributed by atoms with Crippen molar-refractivity contribution in [2.45, 2.75) is 4.90 Å². The zero-order valence-corrected chi connectivity index (χ0v) is 12.4. The van der Waals surface area contributed by atoms with E-state index in [-0.39, 0.29) is 10.7 Å². The molecule has 1 aromatic carbocycles. The Morgan fingerprint density at radius 1 is 1.30 bits per heavy atom. The van der Waals surface area contributed by atoms with E-state index < -0.39 is 14.7 Å². The van der Waals surface area contributed by atoms with E-state index in [9.17, 15) is 13.7 Å². The monoisotopic (exact) mass is 292 g/mol. The van der Waals surface area contributed by atoms with E-state index in [4.69, 9.17) is 4.74 Å². The molecule has 5 nitrogen and oxygen atoms in total. The van der Waals surface area contributed by atoms with Gasteiger partial charge in [-0.2, -0.15) is 5.26 Å². The molecule has 0 aliphatic rings. The Morgan fingerprint density at radius 3 is 2.35 bits per heavy atom. The minimum absolute atomic E-state index is 0.00468. The fourth-order valence-electron chi connectivity index (χ4n) is 1.42. The normalized spacial score (nSPS) is 12.7. The summed E-state index contributed by atoms with van der Waals surface area (Å²) in [7, 11) is 0.999. The second-order valence-electron chi connectivity index (χ2n) is 4.11. The molecule has 20 heavy (non-hydrogen) atoms. The van der Waals surface area contributed by atoms with Crippen molar-refractivity contribution in [2.75, 3.05) is 21.2 Å². The molecule has 1 aromatic rings. The highest BCUT2D eigenvalue weighted by atomic mass is 32.2. The number of nitriles is 1. The number of methoxy groups -OCH3 is 1. The van der Waals surface area contributed by atoms with E-state index in [0.29, 0.717) is 0 Å². The van der Waals surface area contributed by atoms with Crippen molar-refractivity contribution < 1.29 is 13.2 Å². The minimum atomic E-state index is -3.89. The van der Waals surface area contributed by atoms with Crippen LogP contribution in [-0.4, -0.2) is 34.5 Å². The zero-order valence-electron chi connectivity index (χ0n) is 11.6. The van der Waals surface area contributed by atoms with Crippen molar-refractivity contribution in [1.82, 2.24) is 4.90 Å². The van der Waals surface area contributed by atoms with Crippen LogP contribution in [0.25, 0.3) is 0 Å². The molecule has 0 spiro atoms. The average Bonchev–Trinajstić information content (AvgIpc) is 2.43. The van der Waals surface area contributed by atoms with E-state index in [0.717, 1.165) is 0 Å². The lowest BCUT2D eigenvalue weighted by molar-refractivity contribution is 0.304. The van der Waals surface area contributed by atoms with Gasteiger partial charge in [-0.3, -0.25) is 0 Å². The highest BCUT2D eigenvalue weighted by Crippen LogP contribution is 2.22. The molecule has 0 radical (unpaired) electrons. The van der Waals surface area contributed by atoms with Gasteiger partial charge in [0.2, 0.25) is 9.84 Å². The summed E-state index contributed by atoms with van der Waals surface area (Å²) in [5, 5.41) is 9.18. The second kappa shape index (κ2) is 6.78. The van der Waals surface area contributed by atoms with Gasteiger partial charge in [-0.1, -0.05) is 18.2 Å². The second-order valence-corrected chi connectivity index (χ2v) is 5.99. The fraction of sp³-hybridized carbons (Fsp3) is 0.214. The van der Waals surface area contributed by atoms with Gasteiger partial charge in [-0.25, -0.2) is 8.42 Å². The molecular formula is C14H16N2O3S. The van der Waals surface area contributed by atoms with Gasteiger partial charge in [0, 0.05) is 20.3 Å². The van der Waals surface area contributed by atoms with Gasteiger partial charge in [0.1, 0.15) is 11.8 Å². The maximum absolute atomic E-state index is 12.4. The van der Waals surface area contributed by atoms with Gasteiger partial charge in [-0.15, -0.1) is 0 Å². The Labute approximate surface area is 119 Å². The highest BCUT2D eigenvalue weighted by Gasteiger charge is 2.24. The van der Waals surface area contributed by atoms with Gasteiger partial charge in [0.25, 0.3) is 0 Å². The molecule has 0 unspecified atom stereocenters. The van der Waals surface area contributed by atoms with Crippen LogP contribution in [0, 0.1) is 11.3 Å². The summed E-state index contributed by atoms with van der Waals surface area (Å²) < 4.78 is 29.8. The van der Waals surface area contributed by atoms with Crippen LogP contribution in [0.4, 0.5) is 0 Å². The third-order valence-corrected chi connectivity index (χ3v) is 4.11. The van der Waals surface area contributed by atoms with Crippen LogP contribution in [0.2, 0.25) is 0 Å². The smallest absolute Gasteiger partial charge is 0.220 e. The number of benzene rings is 1. The van der Waals surface area contributed by atoms with E-state index in [1.165, 1.54) is 25.3 Å². The lowest BCUT2D eigenvalue weighted by atomic mass is 10.4. The first-order valence-electron chi connectivity index (χ1n) is 5.76. The highest BCUT2D eigenvalue weighted by molar-refractivity contribution is 7.95. The lowest BCUT2D eigenvalue weighted by Gasteiger charge is -2.08.